The molecule has 0 bridgehead atoms. The molecular formula is C16H22N2O5. The van der Waals surface area contributed by atoms with Crippen LogP contribution in [0.1, 0.15) is 12.5 Å². The van der Waals surface area contributed by atoms with E-state index >= 15 is 0 Å². The molecule has 0 aliphatic carbocycles. The van der Waals surface area contributed by atoms with Crippen LogP contribution in [-0.2, 0) is 14.3 Å². The minimum Gasteiger partial charge on any atom is -0.493 e. The number of carbonyl (C=O) groups is 2. The van der Waals surface area contributed by atoms with Crippen LogP contribution in [0.25, 0.3) is 6.08 Å². The van der Waals surface area contributed by atoms with Gasteiger partial charge in [0, 0.05) is 20.6 Å². The van der Waals surface area contributed by atoms with Crippen LogP contribution >= 0.6 is 0 Å². The first-order valence-corrected chi connectivity index (χ1v) is 7.00. The molecular weight excluding hydrogens is 300 g/mol. The summed E-state index contributed by atoms with van der Waals surface area (Å²) in [5.74, 6) is 0.379. The predicted molar refractivity (Wildman–Crippen MR) is 86.2 cm³/mol. The summed E-state index contributed by atoms with van der Waals surface area (Å²) in [7, 11) is 4.61. The Morgan fingerprint density at radius 1 is 1.13 bits per heavy atom. The van der Waals surface area contributed by atoms with Crippen molar-refractivity contribution < 1.29 is 23.8 Å². The Hall–Kier alpha value is -2.54. The average Bonchev–Trinajstić information content (AvgIpc) is 2.53. The fraction of sp³-hybridized carbons (Fsp3) is 0.375. The van der Waals surface area contributed by atoms with E-state index in [1.807, 2.05) is 0 Å². The maximum absolute atomic E-state index is 12.1. The van der Waals surface area contributed by atoms with Crippen molar-refractivity contribution in [3.8, 4) is 11.5 Å². The highest BCUT2D eigenvalue weighted by molar-refractivity contribution is 6.00. The van der Waals surface area contributed by atoms with Gasteiger partial charge in [-0.1, -0.05) is 6.07 Å². The maximum Gasteiger partial charge on any atom is 0.267 e. The summed E-state index contributed by atoms with van der Waals surface area (Å²) in [4.78, 5) is 23.4. The molecule has 0 aromatic heterocycles. The summed E-state index contributed by atoms with van der Waals surface area (Å²) in [6.07, 6.45) is 1.56. The molecule has 0 unspecified atom stereocenters. The third kappa shape index (κ3) is 5.99. The van der Waals surface area contributed by atoms with Crippen molar-refractivity contribution in [2.45, 2.75) is 6.92 Å². The molecule has 0 heterocycles. The Bertz CT molecular complexity index is 584. The minimum absolute atomic E-state index is 0.140. The summed E-state index contributed by atoms with van der Waals surface area (Å²) in [5.41, 5.74) is 0.828. The van der Waals surface area contributed by atoms with Gasteiger partial charge in [-0.25, -0.2) is 0 Å². The van der Waals surface area contributed by atoms with E-state index in [1.54, 1.807) is 38.5 Å². The van der Waals surface area contributed by atoms with Crippen molar-refractivity contribution in [2.24, 2.45) is 0 Å². The molecule has 126 valence electrons. The third-order valence-electron chi connectivity index (χ3n) is 2.87. The normalized spacial score (nSPS) is 10.9. The lowest BCUT2D eigenvalue weighted by Gasteiger charge is -2.11. The molecule has 0 aliphatic rings. The number of methoxy groups -OCH3 is 3. The highest BCUT2D eigenvalue weighted by Gasteiger charge is 2.11. The van der Waals surface area contributed by atoms with E-state index < -0.39 is 5.91 Å². The third-order valence-corrected chi connectivity index (χ3v) is 2.87. The fourth-order valence-electron chi connectivity index (χ4n) is 1.82. The molecule has 0 atom stereocenters. The zero-order valence-corrected chi connectivity index (χ0v) is 13.8. The van der Waals surface area contributed by atoms with E-state index in [9.17, 15) is 9.59 Å². The van der Waals surface area contributed by atoms with E-state index in [1.165, 1.54) is 14.0 Å². The SMILES string of the molecule is COCCNC(=O)C(=Cc1ccc(OC)c(OC)c1)NC(C)=O. The van der Waals surface area contributed by atoms with Crippen LogP contribution in [-0.4, -0.2) is 46.3 Å². The second-order valence-corrected chi connectivity index (χ2v) is 4.60. The van der Waals surface area contributed by atoms with Crippen molar-refractivity contribution in [3.05, 3.63) is 29.5 Å². The number of hydrogen-bond acceptors (Lipinski definition) is 5. The molecule has 7 heteroatoms. The van der Waals surface area contributed by atoms with Crippen molar-refractivity contribution in [3.63, 3.8) is 0 Å². The van der Waals surface area contributed by atoms with Crippen LogP contribution in [0.4, 0.5) is 0 Å². The summed E-state index contributed by atoms with van der Waals surface area (Å²) < 4.78 is 15.3. The van der Waals surface area contributed by atoms with Crippen LogP contribution in [0.3, 0.4) is 0 Å². The highest BCUT2D eigenvalue weighted by atomic mass is 16.5. The van der Waals surface area contributed by atoms with Crippen molar-refractivity contribution in [1.82, 2.24) is 10.6 Å². The van der Waals surface area contributed by atoms with Gasteiger partial charge in [0.2, 0.25) is 5.91 Å². The van der Waals surface area contributed by atoms with Gasteiger partial charge in [-0.2, -0.15) is 0 Å². The topological polar surface area (TPSA) is 85.9 Å². The Labute approximate surface area is 135 Å². The van der Waals surface area contributed by atoms with Gasteiger partial charge >= 0.3 is 0 Å². The van der Waals surface area contributed by atoms with Gasteiger partial charge in [-0.15, -0.1) is 0 Å². The maximum atomic E-state index is 12.1. The predicted octanol–water partition coefficient (Wildman–Crippen LogP) is 0.943. The molecule has 1 aromatic rings. The first kappa shape index (κ1) is 18.5. The van der Waals surface area contributed by atoms with Crippen molar-refractivity contribution in [2.75, 3.05) is 34.5 Å². The summed E-state index contributed by atoms with van der Waals surface area (Å²) in [5, 5.41) is 5.18. The molecule has 7 nitrogen and oxygen atoms in total. The van der Waals surface area contributed by atoms with Crippen LogP contribution in [0.15, 0.2) is 23.9 Å². The standard InChI is InChI=1S/C16H22N2O5/c1-11(19)18-13(16(20)17-7-8-21-2)9-12-5-6-14(22-3)15(10-12)23-4/h5-6,9-10H,7-8H2,1-4H3,(H,17,20)(H,18,19). The Morgan fingerprint density at radius 2 is 1.83 bits per heavy atom. The molecule has 2 N–H and O–H groups in total. The second kappa shape index (κ2) is 9.47. The molecule has 0 radical (unpaired) electrons. The number of ether oxygens (including phenoxy) is 3. The Morgan fingerprint density at radius 3 is 2.39 bits per heavy atom. The lowest BCUT2D eigenvalue weighted by Crippen LogP contribution is -2.35. The number of hydrogen-bond donors (Lipinski definition) is 2. The molecule has 0 saturated heterocycles. The zero-order valence-electron chi connectivity index (χ0n) is 13.8. The largest absolute Gasteiger partial charge is 0.493 e. The van der Waals surface area contributed by atoms with Crippen molar-refractivity contribution in [1.29, 1.82) is 0 Å². The molecule has 0 fully saturated rings. The first-order chi connectivity index (χ1) is 11.0. The molecule has 0 spiro atoms. The molecule has 0 saturated carbocycles. The van der Waals surface area contributed by atoms with Crippen LogP contribution in [0.2, 0.25) is 0 Å². The van der Waals surface area contributed by atoms with Gasteiger partial charge in [0.15, 0.2) is 11.5 Å². The van der Waals surface area contributed by atoms with E-state index in [2.05, 4.69) is 10.6 Å². The number of carbonyl (C=O) groups excluding carboxylic acids is 2. The number of benzene rings is 1. The lowest BCUT2D eigenvalue weighted by atomic mass is 10.1. The molecule has 1 rings (SSSR count). The molecule has 0 aliphatic heterocycles. The monoisotopic (exact) mass is 322 g/mol. The van der Waals surface area contributed by atoms with E-state index in [-0.39, 0.29) is 11.6 Å². The molecule has 1 aromatic carbocycles. The van der Waals surface area contributed by atoms with Gasteiger partial charge in [0.05, 0.1) is 20.8 Å². The Kier molecular flexibility index (Phi) is 7.62. The van der Waals surface area contributed by atoms with Gasteiger partial charge in [-0.3, -0.25) is 9.59 Å². The summed E-state index contributed by atoms with van der Waals surface area (Å²) >= 11 is 0. The average molecular weight is 322 g/mol. The first-order valence-electron chi connectivity index (χ1n) is 7.00. The smallest absolute Gasteiger partial charge is 0.267 e. The summed E-state index contributed by atoms with van der Waals surface area (Å²) in [6, 6.07) is 5.19. The fourth-order valence-corrected chi connectivity index (χ4v) is 1.82. The number of nitrogens with one attached hydrogen (secondary N) is 2. The second-order valence-electron chi connectivity index (χ2n) is 4.60. The van der Waals surface area contributed by atoms with Crippen molar-refractivity contribution >= 4 is 17.9 Å². The van der Waals surface area contributed by atoms with Crippen LogP contribution in [0, 0.1) is 0 Å². The van der Waals surface area contributed by atoms with Crippen LogP contribution in [0.5, 0.6) is 11.5 Å². The van der Waals surface area contributed by atoms with Gasteiger partial charge < -0.3 is 24.8 Å². The quantitative estimate of drug-likeness (QED) is 0.550. The van der Waals surface area contributed by atoms with E-state index in [4.69, 9.17) is 14.2 Å². The zero-order chi connectivity index (χ0) is 17.2. The number of rotatable bonds is 8. The molecule has 23 heavy (non-hydrogen) atoms. The molecule has 2 amide bonds. The van der Waals surface area contributed by atoms with Gasteiger partial charge in [0.25, 0.3) is 5.91 Å². The van der Waals surface area contributed by atoms with Crippen LogP contribution < -0.4 is 20.1 Å². The van der Waals surface area contributed by atoms with E-state index in [0.717, 1.165) is 0 Å². The Balaban J connectivity index is 3.03. The highest BCUT2D eigenvalue weighted by Crippen LogP contribution is 2.28. The number of amides is 2. The minimum atomic E-state index is -0.396. The lowest BCUT2D eigenvalue weighted by molar-refractivity contribution is -0.122. The van der Waals surface area contributed by atoms with Gasteiger partial charge in [0.1, 0.15) is 5.70 Å². The van der Waals surface area contributed by atoms with E-state index in [0.29, 0.717) is 30.2 Å². The summed E-state index contributed by atoms with van der Waals surface area (Å²) in [6.45, 7) is 2.07. The van der Waals surface area contributed by atoms with Gasteiger partial charge in [-0.05, 0) is 23.8 Å².